The zero-order valence-electron chi connectivity index (χ0n) is 11.3. The Morgan fingerprint density at radius 3 is 2.71 bits per heavy atom. The number of aromatic nitrogens is 2. The highest BCUT2D eigenvalue weighted by Crippen LogP contribution is 2.28. The largest absolute Gasteiger partial charge is 0.361 e. The first-order chi connectivity index (χ1) is 10.1. The molecule has 0 bridgehead atoms. The van der Waals surface area contributed by atoms with E-state index < -0.39 is 0 Å². The van der Waals surface area contributed by atoms with Crippen molar-refractivity contribution in [2.45, 2.75) is 13.0 Å². The maximum Gasteiger partial charge on any atom is 0.157 e. The van der Waals surface area contributed by atoms with Crippen LogP contribution in [0, 0.1) is 0 Å². The van der Waals surface area contributed by atoms with Gasteiger partial charge in [-0.1, -0.05) is 41.4 Å². The minimum absolute atomic E-state index is 0.0225. The van der Waals surface area contributed by atoms with Gasteiger partial charge in [0.2, 0.25) is 0 Å². The number of nitrogens with one attached hydrogen (secondary N) is 1. The minimum Gasteiger partial charge on any atom is -0.361 e. The summed E-state index contributed by atoms with van der Waals surface area (Å²) < 4.78 is 0. The summed E-state index contributed by atoms with van der Waals surface area (Å²) in [5.41, 5.74) is 1.02. The van der Waals surface area contributed by atoms with Gasteiger partial charge in [0.05, 0.1) is 12.2 Å². The van der Waals surface area contributed by atoms with Gasteiger partial charge in [-0.3, -0.25) is 0 Å². The fourth-order valence-corrected chi connectivity index (χ4v) is 2.75. The lowest BCUT2D eigenvalue weighted by Crippen LogP contribution is -2.09. The van der Waals surface area contributed by atoms with Crippen molar-refractivity contribution in [3.05, 3.63) is 64.3 Å². The van der Waals surface area contributed by atoms with Crippen LogP contribution in [0.1, 0.15) is 18.5 Å². The molecule has 0 aliphatic rings. The van der Waals surface area contributed by atoms with Gasteiger partial charge in [0.25, 0.3) is 0 Å². The molecule has 0 spiro atoms. The first-order valence-electron chi connectivity index (χ1n) is 6.57. The summed E-state index contributed by atoms with van der Waals surface area (Å²) in [6, 6.07) is 13.4. The molecule has 0 fully saturated rings. The normalized spacial score (nSPS) is 12.3. The number of anilines is 1. The van der Waals surface area contributed by atoms with Gasteiger partial charge in [0, 0.05) is 20.8 Å². The number of nitrogens with zero attached hydrogens (tertiary/aromatic N) is 2. The van der Waals surface area contributed by atoms with Crippen molar-refractivity contribution in [1.82, 2.24) is 10.2 Å². The molecule has 106 valence electrons. The highest BCUT2D eigenvalue weighted by molar-refractivity contribution is 6.31. The topological polar surface area (TPSA) is 37.8 Å². The van der Waals surface area contributed by atoms with E-state index in [9.17, 15) is 0 Å². The molecule has 0 radical (unpaired) electrons. The van der Waals surface area contributed by atoms with Gasteiger partial charge in [0.1, 0.15) is 0 Å². The van der Waals surface area contributed by atoms with Crippen molar-refractivity contribution in [3.8, 4) is 0 Å². The number of benzene rings is 2. The lowest BCUT2D eigenvalue weighted by Gasteiger charge is -2.17. The lowest BCUT2D eigenvalue weighted by molar-refractivity contribution is 0.866. The minimum atomic E-state index is 0.0225. The molecule has 0 saturated heterocycles. The molecule has 0 aliphatic heterocycles. The number of halogens is 2. The quantitative estimate of drug-likeness (QED) is 0.729. The van der Waals surface area contributed by atoms with E-state index in [0.29, 0.717) is 5.02 Å². The van der Waals surface area contributed by atoms with Crippen molar-refractivity contribution in [3.63, 3.8) is 0 Å². The predicted octanol–water partition coefficient (Wildman–Crippen LogP) is 5.11. The van der Waals surface area contributed by atoms with Crippen LogP contribution in [0.3, 0.4) is 0 Å². The fourth-order valence-electron chi connectivity index (χ4n) is 2.27. The summed E-state index contributed by atoms with van der Waals surface area (Å²) in [7, 11) is 0. The van der Waals surface area contributed by atoms with E-state index in [1.165, 1.54) is 0 Å². The molecule has 3 nitrogen and oxygen atoms in total. The third kappa shape index (κ3) is 2.94. The molecular formula is C16H13Cl2N3. The molecular weight excluding hydrogens is 305 g/mol. The van der Waals surface area contributed by atoms with Crippen molar-refractivity contribution >= 4 is 39.8 Å². The Labute approximate surface area is 132 Å². The molecule has 0 amide bonds. The standard InChI is InChI=1S/C16H13Cl2N3/c1-10(13-4-2-3-5-15(13)18)20-16-14-7-6-12(17)8-11(14)9-19-21-16/h2-10H,1H3,(H,20,21). The average Bonchev–Trinajstić information content (AvgIpc) is 2.47. The summed E-state index contributed by atoms with van der Waals surface area (Å²) in [6.07, 6.45) is 1.70. The van der Waals surface area contributed by atoms with E-state index in [4.69, 9.17) is 23.2 Å². The molecule has 3 aromatic rings. The summed E-state index contributed by atoms with van der Waals surface area (Å²) in [4.78, 5) is 0. The summed E-state index contributed by atoms with van der Waals surface area (Å²) >= 11 is 12.2. The molecule has 1 unspecified atom stereocenters. The third-order valence-electron chi connectivity index (χ3n) is 3.35. The van der Waals surface area contributed by atoms with Crippen LogP contribution < -0.4 is 5.32 Å². The highest BCUT2D eigenvalue weighted by atomic mass is 35.5. The summed E-state index contributed by atoms with van der Waals surface area (Å²) in [5, 5.41) is 14.9. The van der Waals surface area contributed by atoms with Crippen LogP contribution in [0.15, 0.2) is 48.7 Å². The first kappa shape index (κ1) is 14.1. The van der Waals surface area contributed by atoms with Gasteiger partial charge >= 0.3 is 0 Å². The maximum absolute atomic E-state index is 6.23. The van der Waals surface area contributed by atoms with E-state index in [0.717, 1.165) is 27.2 Å². The molecule has 0 saturated carbocycles. The van der Waals surface area contributed by atoms with Gasteiger partial charge in [-0.25, -0.2) is 0 Å². The van der Waals surface area contributed by atoms with E-state index in [1.807, 2.05) is 49.4 Å². The molecule has 5 heteroatoms. The van der Waals surface area contributed by atoms with Crippen molar-refractivity contribution in [2.24, 2.45) is 0 Å². The Balaban J connectivity index is 1.97. The van der Waals surface area contributed by atoms with Crippen LogP contribution in [-0.4, -0.2) is 10.2 Å². The predicted molar refractivity (Wildman–Crippen MR) is 88.0 cm³/mol. The Kier molecular flexibility index (Phi) is 3.95. The zero-order chi connectivity index (χ0) is 14.8. The van der Waals surface area contributed by atoms with E-state index in [2.05, 4.69) is 15.5 Å². The monoisotopic (exact) mass is 317 g/mol. The van der Waals surface area contributed by atoms with Crippen LogP contribution in [-0.2, 0) is 0 Å². The third-order valence-corrected chi connectivity index (χ3v) is 3.93. The maximum atomic E-state index is 6.23. The number of rotatable bonds is 3. The van der Waals surface area contributed by atoms with Gasteiger partial charge < -0.3 is 5.32 Å². The Morgan fingerprint density at radius 1 is 1.10 bits per heavy atom. The molecule has 1 heterocycles. The number of hydrogen-bond acceptors (Lipinski definition) is 3. The smallest absolute Gasteiger partial charge is 0.157 e. The molecule has 1 aromatic heterocycles. The summed E-state index contributed by atoms with van der Waals surface area (Å²) in [5.74, 6) is 0.719. The fraction of sp³-hybridized carbons (Fsp3) is 0.125. The Morgan fingerprint density at radius 2 is 1.90 bits per heavy atom. The molecule has 0 aliphatic carbocycles. The van der Waals surface area contributed by atoms with Gasteiger partial charge in [-0.15, -0.1) is 5.10 Å². The first-order valence-corrected chi connectivity index (χ1v) is 7.32. The van der Waals surface area contributed by atoms with Gasteiger partial charge in [-0.05, 0) is 36.8 Å². The van der Waals surface area contributed by atoms with E-state index in [-0.39, 0.29) is 6.04 Å². The van der Waals surface area contributed by atoms with Crippen LogP contribution >= 0.6 is 23.2 Å². The SMILES string of the molecule is CC(Nc1nncc2cc(Cl)ccc12)c1ccccc1Cl. The second-order valence-electron chi connectivity index (χ2n) is 4.81. The molecule has 3 rings (SSSR count). The number of hydrogen-bond donors (Lipinski definition) is 1. The van der Waals surface area contributed by atoms with Crippen molar-refractivity contribution < 1.29 is 0 Å². The zero-order valence-corrected chi connectivity index (χ0v) is 12.9. The molecule has 2 aromatic carbocycles. The van der Waals surface area contributed by atoms with Crippen molar-refractivity contribution in [2.75, 3.05) is 5.32 Å². The Bertz CT molecular complexity index is 789. The molecule has 1 atom stereocenters. The van der Waals surface area contributed by atoms with Crippen LogP contribution in [0.2, 0.25) is 10.0 Å². The highest BCUT2D eigenvalue weighted by Gasteiger charge is 2.12. The van der Waals surface area contributed by atoms with Crippen LogP contribution in [0.5, 0.6) is 0 Å². The average molecular weight is 318 g/mol. The van der Waals surface area contributed by atoms with Gasteiger partial charge in [0.15, 0.2) is 5.82 Å². The van der Waals surface area contributed by atoms with Crippen LogP contribution in [0.25, 0.3) is 10.8 Å². The Hall–Kier alpha value is -1.84. The number of fused-ring (bicyclic) bond motifs is 1. The van der Waals surface area contributed by atoms with Crippen LogP contribution in [0.4, 0.5) is 5.82 Å². The molecule has 21 heavy (non-hydrogen) atoms. The van der Waals surface area contributed by atoms with Gasteiger partial charge in [-0.2, -0.15) is 5.10 Å². The molecule has 1 N–H and O–H groups in total. The van der Waals surface area contributed by atoms with E-state index >= 15 is 0 Å². The summed E-state index contributed by atoms with van der Waals surface area (Å²) in [6.45, 7) is 2.04. The second-order valence-corrected chi connectivity index (χ2v) is 5.66. The second kappa shape index (κ2) is 5.88. The van der Waals surface area contributed by atoms with E-state index in [1.54, 1.807) is 6.20 Å². The lowest BCUT2D eigenvalue weighted by atomic mass is 10.1. The van der Waals surface area contributed by atoms with Crippen molar-refractivity contribution in [1.29, 1.82) is 0 Å².